The summed E-state index contributed by atoms with van der Waals surface area (Å²) in [6.45, 7) is 8.31. The summed E-state index contributed by atoms with van der Waals surface area (Å²) in [5, 5.41) is 2.80. The summed E-state index contributed by atoms with van der Waals surface area (Å²) in [5.74, 6) is -0.0998. The Bertz CT molecular complexity index is 171. The SMILES string of the molecule is CCC(CN)NC(=O)COC(C)(C)C. The van der Waals surface area contributed by atoms with Crippen molar-refractivity contribution < 1.29 is 9.53 Å². The van der Waals surface area contributed by atoms with Crippen LogP contribution >= 0.6 is 0 Å². The van der Waals surface area contributed by atoms with E-state index in [4.69, 9.17) is 10.5 Å². The van der Waals surface area contributed by atoms with Gasteiger partial charge in [-0.15, -0.1) is 0 Å². The molecule has 0 aliphatic rings. The largest absolute Gasteiger partial charge is 0.366 e. The van der Waals surface area contributed by atoms with Gasteiger partial charge in [-0.3, -0.25) is 4.79 Å². The zero-order chi connectivity index (χ0) is 11.2. The predicted octanol–water partition coefficient (Wildman–Crippen LogP) is 0.655. The van der Waals surface area contributed by atoms with Gasteiger partial charge in [0, 0.05) is 12.6 Å². The number of ether oxygens (including phenoxy) is 1. The van der Waals surface area contributed by atoms with Gasteiger partial charge in [0.05, 0.1) is 5.60 Å². The molecular formula is C10H22N2O2. The van der Waals surface area contributed by atoms with Crippen molar-refractivity contribution in [2.45, 2.75) is 45.8 Å². The van der Waals surface area contributed by atoms with Crippen LogP contribution in [0.15, 0.2) is 0 Å². The maximum Gasteiger partial charge on any atom is 0.246 e. The summed E-state index contributed by atoms with van der Waals surface area (Å²) in [6.07, 6.45) is 0.845. The minimum Gasteiger partial charge on any atom is -0.366 e. The summed E-state index contributed by atoms with van der Waals surface area (Å²) in [4.78, 5) is 11.3. The van der Waals surface area contributed by atoms with Gasteiger partial charge in [-0.2, -0.15) is 0 Å². The second kappa shape index (κ2) is 5.98. The van der Waals surface area contributed by atoms with E-state index in [1.807, 2.05) is 27.7 Å². The third-order valence-corrected chi connectivity index (χ3v) is 1.78. The van der Waals surface area contributed by atoms with Crippen molar-refractivity contribution in [1.82, 2.24) is 5.32 Å². The van der Waals surface area contributed by atoms with Crippen LogP contribution in [0.4, 0.5) is 0 Å². The Balaban J connectivity index is 3.75. The molecule has 1 amide bonds. The Kier molecular flexibility index (Phi) is 5.72. The molecule has 0 aromatic rings. The van der Waals surface area contributed by atoms with E-state index in [1.165, 1.54) is 0 Å². The van der Waals surface area contributed by atoms with E-state index in [0.29, 0.717) is 6.54 Å². The van der Waals surface area contributed by atoms with Gasteiger partial charge < -0.3 is 15.8 Å². The second-order valence-corrected chi connectivity index (χ2v) is 4.31. The highest BCUT2D eigenvalue weighted by Crippen LogP contribution is 2.05. The van der Waals surface area contributed by atoms with Crippen LogP contribution in [-0.2, 0) is 9.53 Å². The number of carbonyl (C=O) groups is 1. The molecule has 0 rings (SSSR count). The van der Waals surface area contributed by atoms with Crippen molar-refractivity contribution in [2.75, 3.05) is 13.2 Å². The van der Waals surface area contributed by atoms with Crippen LogP contribution in [0, 0.1) is 0 Å². The fourth-order valence-electron chi connectivity index (χ4n) is 0.879. The van der Waals surface area contributed by atoms with Crippen molar-refractivity contribution in [3.8, 4) is 0 Å². The maximum absolute atomic E-state index is 11.3. The standard InChI is InChI=1S/C10H22N2O2/c1-5-8(6-11)12-9(13)7-14-10(2,3)4/h8H,5-7,11H2,1-4H3,(H,12,13). The fourth-order valence-corrected chi connectivity index (χ4v) is 0.879. The molecule has 0 aromatic heterocycles. The molecule has 0 aromatic carbocycles. The first kappa shape index (κ1) is 13.4. The molecule has 0 saturated heterocycles. The molecule has 0 aliphatic carbocycles. The Morgan fingerprint density at radius 3 is 2.43 bits per heavy atom. The molecule has 4 heteroatoms. The first-order valence-electron chi connectivity index (χ1n) is 5.02. The van der Waals surface area contributed by atoms with Crippen molar-refractivity contribution in [1.29, 1.82) is 0 Å². The molecule has 3 N–H and O–H groups in total. The molecular weight excluding hydrogens is 180 g/mol. The number of nitrogens with one attached hydrogen (secondary N) is 1. The number of hydrogen-bond acceptors (Lipinski definition) is 3. The van der Waals surface area contributed by atoms with Crippen LogP contribution in [0.2, 0.25) is 0 Å². The number of rotatable bonds is 5. The van der Waals surface area contributed by atoms with E-state index in [2.05, 4.69) is 5.32 Å². The van der Waals surface area contributed by atoms with Gasteiger partial charge in [-0.1, -0.05) is 6.92 Å². The van der Waals surface area contributed by atoms with E-state index in [0.717, 1.165) is 6.42 Å². The summed E-state index contributed by atoms with van der Waals surface area (Å²) in [5.41, 5.74) is 5.18. The van der Waals surface area contributed by atoms with Crippen LogP contribution < -0.4 is 11.1 Å². The molecule has 0 spiro atoms. The first-order chi connectivity index (χ1) is 6.39. The van der Waals surface area contributed by atoms with E-state index in [1.54, 1.807) is 0 Å². The lowest BCUT2D eigenvalue weighted by atomic mass is 10.2. The van der Waals surface area contributed by atoms with Crippen molar-refractivity contribution in [2.24, 2.45) is 5.73 Å². The average molecular weight is 202 g/mol. The molecule has 1 unspecified atom stereocenters. The minimum atomic E-state index is -0.276. The molecule has 84 valence electrons. The highest BCUT2D eigenvalue weighted by molar-refractivity contribution is 5.77. The number of hydrogen-bond donors (Lipinski definition) is 2. The third-order valence-electron chi connectivity index (χ3n) is 1.78. The zero-order valence-electron chi connectivity index (χ0n) is 9.59. The summed E-state index contributed by atoms with van der Waals surface area (Å²) >= 11 is 0. The lowest BCUT2D eigenvalue weighted by molar-refractivity contribution is -0.131. The molecule has 0 aliphatic heterocycles. The van der Waals surface area contributed by atoms with Crippen LogP contribution in [-0.4, -0.2) is 30.7 Å². The molecule has 1 atom stereocenters. The van der Waals surface area contributed by atoms with Gasteiger partial charge >= 0.3 is 0 Å². The molecule has 0 heterocycles. The van der Waals surface area contributed by atoms with E-state index in [-0.39, 0.29) is 24.2 Å². The maximum atomic E-state index is 11.3. The lowest BCUT2D eigenvalue weighted by Gasteiger charge is -2.20. The molecule has 0 saturated carbocycles. The predicted molar refractivity (Wildman–Crippen MR) is 57.0 cm³/mol. The Morgan fingerprint density at radius 1 is 1.50 bits per heavy atom. The van der Waals surface area contributed by atoms with Crippen LogP contribution in [0.3, 0.4) is 0 Å². The quantitative estimate of drug-likeness (QED) is 0.688. The molecule has 0 bridgehead atoms. The summed E-state index contributed by atoms with van der Waals surface area (Å²) in [6, 6.07) is 0.0612. The van der Waals surface area contributed by atoms with Gasteiger partial charge in [0.1, 0.15) is 6.61 Å². The van der Waals surface area contributed by atoms with E-state index < -0.39 is 0 Å². The number of amides is 1. The highest BCUT2D eigenvalue weighted by atomic mass is 16.5. The van der Waals surface area contributed by atoms with Gasteiger partial charge in [-0.05, 0) is 27.2 Å². The Morgan fingerprint density at radius 2 is 2.07 bits per heavy atom. The fraction of sp³-hybridized carbons (Fsp3) is 0.900. The van der Waals surface area contributed by atoms with Gasteiger partial charge in [0.2, 0.25) is 5.91 Å². The van der Waals surface area contributed by atoms with Crippen molar-refractivity contribution >= 4 is 5.91 Å². The average Bonchev–Trinajstić information content (AvgIpc) is 2.09. The van der Waals surface area contributed by atoms with E-state index >= 15 is 0 Å². The molecule has 0 fully saturated rings. The van der Waals surface area contributed by atoms with Crippen LogP contribution in [0.1, 0.15) is 34.1 Å². The summed E-state index contributed by atoms with van der Waals surface area (Å²) < 4.78 is 5.33. The van der Waals surface area contributed by atoms with Crippen LogP contribution in [0.25, 0.3) is 0 Å². The Hall–Kier alpha value is -0.610. The minimum absolute atomic E-state index is 0.0612. The summed E-state index contributed by atoms with van der Waals surface area (Å²) in [7, 11) is 0. The number of nitrogens with two attached hydrogens (primary N) is 1. The van der Waals surface area contributed by atoms with Crippen molar-refractivity contribution in [3.05, 3.63) is 0 Å². The van der Waals surface area contributed by atoms with Gasteiger partial charge in [-0.25, -0.2) is 0 Å². The number of carbonyl (C=O) groups excluding carboxylic acids is 1. The normalized spacial score (nSPS) is 13.8. The Labute approximate surface area is 86.2 Å². The molecule has 14 heavy (non-hydrogen) atoms. The van der Waals surface area contributed by atoms with Crippen LogP contribution in [0.5, 0.6) is 0 Å². The second-order valence-electron chi connectivity index (χ2n) is 4.31. The molecule has 4 nitrogen and oxygen atoms in total. The lowest BCUT2D eigenvalue weighted by Crippen LogP contribution is -2.42. The first-order valence-corrected chi connectivity index (χ1v) is 5.02. The van der Waals surface area contributed by atoms with E-state index in [9.17, 15) is 4.79 Å². The molecule has 0 radical (unpaired) electrons. The topological polar surface area (TPSA) is 64.3 Å². The van der Waals surface area contributed by atoms with Gasteiger partial charge in [0.25, 0.3) is 0 Å². The van der Waals surface area contributed by atoms with Crippen molar-refractivity contribution in [3.63, 3.8) is 0 Å². The third kappa shape index (κ3) is 6.86. The zero-order valence-corrected chi connectivity index (χ0v) is 9.59. The smallest absolute Gasteiger partial charge is 0.246 e. The van der Waals surface area contributed by atoms with Gasteiger partial charge in [0.15, 0.2) is 0 Å². The monoisotopic (exact) mass is 202 g/mol. The highest BCUT2D eigenvalue weighted by Gasteiger charge is 2.14.